The van der Waals surface area contributed by atoms with E-state index in [4.69, 9.17) is 13.9 Å². The summed E-state index contributed by atoms with van der Waals surface area (Å²) in [4.78, 5) is 18.6. The lowest BCUT2D eigenvalue weighted by molar-refractivity contribution is -0.174. The number of benzene rings is 1. The largest absolute Gasteiger partial charge is 0.489 e. The van der Waals surface area contributed by atoms with Crippen molar-refractivity contribution >= 4 is 16.9 Å². The number of aromatic nitrogens is 1. The molecule has 1 spiro atoms. The normalized spacial score (nSPS) is 21.2. The van der Waals surface area contributed by atoms with Gasteiger partial charge in [-0.1, -0.05) is 18.2 Å². The number of ether oxygens (including phenoxy) is 2. The number of carbonyl (C=O) groups is 1. The fourth-order valence-electron chi connectivity index (χ4n) is 3.95. The molecular weight excluding hydrogens is 344 g/mol. The van der Waals surface area contributed by atoms with E-state index >= 15 is 0 Å². The Bertz CT molecular complexity index is 929. The number of hydrogen-bond acceptors (Lipinski definition) is 5. The maximum atomic E-state index is 12.7. The Morgan fingerprint density at radius 3 is 2.93 bits per heavy atom. The Morgan fingerprint density at radius 2 is 2.11 bits per heavy atom. The molecule has 1 atom stereocenters. The van der Waals surface area contributed by atoms with Gasteiger partial charge in [0.05, 0.1) is 25.9 Å². The summed E-state index contributed by atoms with van der Waals surface area (Å²) in [7, 11) is 0. The Kier molecular flexibility index (Phi) is 3.86. The van der Waals surface area contributed by atoms with E-state index < -0.39 is 0 Å². The van der Waals surface area contributed by atoms with E-state index in [1.807, 2.05) is 36.4 Å². The van der Waals surface area contributed by atoms with E-state index in [2.05, 4.69) is 4.98 Å². The molecule has 2 aliphatic heterocycles. The molecule has 1 unspecified atom stereocenters. The molecule has 138 valence electrons. The number of para-hydroxylation sites is 1. The summed E-state index contributed by atoms with van der Waals surface area (Å²) in [5.41, 5.74) is 0.419. The first kappa shape index (κ1) is 16.3. The fourth-order valence-corrected chi connectivity index (χ4v) is 3.95. The predicted octanol–water partition coefficient (Wildman–Crippen LogP) is 3.28. The van der Waals surface area contributed by atoms with Crippen LogP contribution in [-0.2, 0) is 4.74 Å². The van der Waals surface area contributed by atoms with Crippen LogP contribution in [0.1, 0.15) is 23.4 Å². The van der Waals surface area contributed by atoms with E-state index in [0.717, 1.165) is 29.6 Å². The average Bonchev–Trinajstić information content (AvgIpc) is 3.11. The summed E-state index contributed by atoms with van der Waals surface area (Å²) in [5, 5.41) is 0.940. The molecule has 27 heavy (non-hydrogen) atoms. The number of pyridine rings is 1. The van der Waals surface area contributed by atoms with Crippen molar-refractivity contribution in [2.75, 3.05) is 19.7 Å². The first-order valence-electron chi connectivity index (χ1n) is 9.19. The number of furan rings is 1. The zero-order valence-electron chi connectivity index (χ0n) is 14.8. The molecule has 0 saturated carbocycles. The van der Waals surface area contributed by atoms with Crippen molar-refractivity contribution in [1.82, 2.24) is 9.88 Å². The summed E-state index contributed by atoms with van der Waals surface area (Å²) >= 11 is 0. The number of nitrogens with zero attached hydrogens (tertiary/aromatic N) is 2. The smallest absolute Gasteiger partial charge is 0.289 e. The van der Waals surface area contributed by atoms with Crippen molar-refractivity contribution in [3.8, 4) is 5.75 Å². The average molecular weight is 364 g/mol. The number of fused-ring (bicyclic) bond motifs is 1. The Morgan fingerprint density at radius 1 is 1.22 bits per heavy atom. The Hall–Kier alpha value is -2.86. The standard InChI is InChI=1S/C21H20N2O4/c24-20(19-10-15-4-1-2-6-18(15)27-19)23-13-21(14-23)11-16(7-9-25-21)26-17-5-3-8-22-12-17/h1-6,8,10,12,16H,7,9,11,13-14H2. The number of likely N-dealkylation sites (tertiary alicyclic amines) is 1. The molecule has 6 heteroatoms. The minimum atomic E-state index is -0.313. The lowest BCUT2D eigenvalue weighted by Gasteiger charge is -2.52. The number of carbonyl (C=O) groups excluding carboxylic acids is 1. The number of rotatable bonds is 3. The van der Waals surface area contributed by atoms with Crippen LogP contribution >= 0.6 is 0 Å². The van der Waals surface area contributed by atoms with Crippen LogP contribution < -0.4 is 4.74 Å². The molecule has 2 fully saturated rings. The summed E-state index contributed by atoms with van der Waals surface area (Å²) in [6.07, 6.45) is 5.14. The maximum Gasteiger partial charge on any atom is 0.289 e. The minimum Gasteiger partial charge on any atom is -0.489 e. The highest BCUT2D eigenvalue weighted by molar-refractivity contribution is 5.96. The van der Waals surface area contributed by atoms with Gasteiger partial charge in [-0.2, -0.15) is 0 Å². The third kappa shape index (κ3) is 3.06. The second kappa shape index (κ2) is 6.39. The highest BCUT2D eigenvalue weighted by Crippen LogP contribution is 2.36. The molecule has 5 rings (SSSR count). The molecular formula is C21H20N2O4. The number of amides is 1. The van der Waals surface area contributed by atoms with Crippen LogP contribution in [0.4, 0.5) is 0 Å². The zero-order chi connectivity index (χ0) is 18.3. The van der Waals surface area contributed by atoms with Gasteiger partial charge in [0.25, 0.3) is 5.91 Å². The molecule has 6 nitrogen and oxygen atoms in total. The quantitative estimate of drug-likeness (QED) is 0.714. The molecule has 0 aliphatic carbocycles. The third-order valence-corrected chi connectivity index (χ3v) is 5.27. The van der Waals surface area contributed by atoms with E-state index in [0.29, 0.717) is 25.5 Å². The zero-order valence-corrected chi connectivity index (χ0v) is 14.8. The van der Waals surface area contributed by atoms with Gasteiger partial charge < -0.3 is 18.8 Å². The molecule has 0 radical (unpaired) electrons. The maximum absolute atomic E-state index is 12.7. The molecule has 2 aromatic heterocycles. The van der Waals surface area contributed by atoms with Crippen molar-refractivity contribution in [3.05, 3.63) is 60.6 Å². The molecule has 0 N–H and O–H groups in total. The van der Waals surface area contributed by atoms with Crippen molar-refractivity contribution in [2.45, 2.75) is 24.5 Å². The van der Waals surface area contributed by atoms with Gasteiger partial charge in [-0.15, -0.1) is 0 Å². The highest BCUT2D eigenvalue weighted by atomic mass is 16.5. The van der Waals surface area contributed by atoms with Crippen LogP contribution in [0.2, 0.25) is 0 Å². The topological polar surface area (TPSA) is 64.8 Å². The molecule has 1 amide bonds. The number of hydrogen-bond donors (Lipinski definition) is 0. The van der Waals surface area contributed by atoms with Crippen LogP contribution in [0.25, 0.3) is 11.0 Å². The van der Waals surface area contributed by atoms with Crippen LogP contribution in [0.15, 0.2) is 59.3 Å². The van der Waals surface area contributed by atoms with E-state index in [-0.39, 0.29) is 17.6 Å². The first-order chi connectivity index (χ1) is 13.2. The predicted molar refractivity (Wildman–Crippen MR) is 98.7 cm³/mol. The first-order valence-corrected chi connectivity index (χ1v) is 9.19. The molecule has 2 aliphatic rings. The Labute approximate surface area is 156 Å². The van der Waals surface area contributed by atoms with Crippen LogP contribution in [-0.4, -0.2) is 47.2 Å². The molecule has 4 heterocycles. The summed E-state index contributed by atoms with van der Waals surface area (Å²) in [6.45, 7) is 1.77. The minimum absolute atomic E-state index is 0.0754. The monoisotopic (exact) mass is 364 g/mol. The summed E-state index contributed by atoms with van der Waals surface area (Å²) in [6, 6.07) is 13.2. The van der Waals surface area contributed by atoms with Crippen molar-refractivity contribution in [2.24, 2.45) is 0 Å². The van der Waals surface area contributed by atoms with E-state index in [9.17, 15) is 4.79 Å². The third-order valence-electron chi connectivity index (χ3n) is 5.27. The van der Waals surface area contributed by atoms with Gasteiger partial charge in [0.15, 0.2) is 5.76 Å². The van der Waals surface area contributed by atoms with Crippen molar-refractivity contribution < 1.29 is 18.7 Å². The second-order valence-corrected chi connectivity index (χ2v) is 7.26. The SMILES string of the molecule is O=C(c1cc2ccccc2o1)N1CC2(CC(Oc3cccnc3)CCO2)C1. The van der Waals surface area contributed by atoms with E-state index in [1.165, 1.54) is 0 Å². The Balaban J connectivity index is 1.24. The fraction of sp³-hybridized carbons (Fsp3) is 0.333. The van der Waals surface area contributed by atoms with Gasteiger partial charge in [0.1, 0.15) is 23.0 Å². The van der Waals surface area contributed by atoms with Gasteiger partial charge in [-0.25, -0.2) is 0 Å². The lowest BCUT2D eigenvalue weighted by atomic mass is 9.84. The van der Waals surface area contributed by atoms with Gasteiger partial charge in [0, 0.05) is 24.4 Å². The van der Waals surface area contributed by atoms with Gasteiger partial charge >= 0.3 is 0 Å². The van der Waals surface area contributed by atoms with Crippen molar-refractivity contribution in [3.63, 3.8) is 0 Å². The van der Waals surface area contributed by atoms with Gasteiger partial charge in [-0.3, -0.25) is 9.78 Å². The van der Waals surface area contributed by atoms with Crippen LogP contribution in [0.3, 0.4) is 0 Å². The van der Waals surface area contributed by atoms with Crippen molar-refractivity contribution in [1.29, 1.82) is 0 Å². The molecule has 1 aromatic carbocycles. The molecule has 2 saturated heterocycles. The highest BCUT2D eigenvalue weighted by Gasteiger charge is 2.50. The second-order valence-electron chi connectivity index (χ2n) is 7.26. The van der Waals surface area contributed by atoms with Crippen LogP contribution in [0, 0.1) is 0 Å². The summed E-state index contributed by atoms with van der Waals surface area (Å²) in [5.74, 6) is 1.06. The van der Waals surface area contributed by atoms with Gasteiger partial charge in [-0.05, 0) is 24.3 Å². The van der Waals surface area contributed by atoms with Gasteiger partial charge in [0.2, 0.25) is 0 Å². The lowest BCUT2D eigenvalue weighted by Crippen LogP contribution is -2.67. The van der Waals surface area contributed by atoms with E-state index in [1.54, 1.807) is 23.4 Å². The molecule has 3 aromatic rings. The summed E-state index contributed by atoms with van der Waals surface area (Å²) < 4.78 is 17.8. The molecule has 0 bridgehead atoms. The van der Waals surface area contributed by atoms with Crippen LogP contribution in [0.5, 0.6) is 5.75 Å².